The molecule has 0 fully saturated rings. The third kappa shape index (κ3) is 3.63. The molecule has 0 bridgehead atoms. The first-order valence-corrected chi connectivity index (χ1v) is 5.87. The number of thiophene rings is 1. The molecule has 0 radical (unpaired) electrons. The highest BCUT2D eigenvalue weighted by molar-refractivity contribution is 7.10. The Kier molecular flexibility index (Phi) is 4.76. The maximum atomic E-state index is 8.92. The second-order valence-electron chi connectivity index (χ2n) is 3.70. The fourth-order valence-electron chi connectivity index (χ4n) is 1.37. The molecule has 0 aliphatic carbocycles. The van der Waals surface area contributed by atoms with Crippen LogP contribution in [-0.4, -0.2) is 29.2 Å². The average molecular weight is 224 g/mol. The summed E-state index contributed by atoms with van der Waals surface area (Å²) >= 11 is 1.60. The van der Waals surface area contributed by atoms with Crippen LogP contribution in [-0.2, 0) is 6.54 Å². The molecule has 1 N–H and O–H groups in total. The zero-order chi connectivity index (χ0) is 11.3. The predicted molar refractivity (Wildman–Crippen MR) is 61.7 cm³/mol. The number of rotatable bonds is 5. The van der Waals surface area contributed by atoms with Gasteiger partial charge in [0, 0.05) is 29.4 Å². The van der Waals surface area contributed by atoms with Crippen LogP contribution in [0.3, 0.4) is 0 Å². The highest BCUT2D eigenvalue weighted by Crippen LogP contribution is 2.17. The quantitative estimate of drug-likeness (QED) is 0.830. The lowest BCUT2D eigenvalue weighted by Gasteiger charge is -2.24. The SMILES string of the molecule is CC(C)N(CCO)Cc1cc(C#N)cs1. The number of hydrogen-bond acceptors (Lipinski definition) is 4. The van der Waals surface area contributed by atoms with E-state index in [0.29, 0.717) is 12.6 Å². The molecule has 1 heterocycles. The van der Waals surface area contributed by atoms with E-state index in [-0.39, 0.29) is 6.61 Å². The van der Waals surface area contributed by atoms with Gasteiger partial charge in [0.1, 0.15) is 6.07 Å². The number of nitriles is 1. The average Bonchev–Trinajstić information content (AvgIpc) is 2.65. The molecule has 0 amide bonds. The summed E-state index contributed by atoms with van der Waals surface area (Å²) in [5.41, 5.74) is 0.725. The molecule has 0 spiro atoms. The van der Waals surface area contributed by atoms with Crippen LogP contribution < -0.4 is 0 Å². The minimum absolute atomic E-state index is 0.175. The summed E-state index contributed by atoms with van der Waals surface area (Å²) in [7, 11) is 0. The van der Waals surface area contributed by atoms with Gasteiger partial charge in [0.05, 0.1) is 12.2 Å². The van der Waals surface area contributed by atoms with Gasteiger partial charge in [-0.05, 0) is 19.9 Å². The first-order valence-electron chi connectivity index (χ1n) is 4.99. The van der Waals surface area contributed by atoms with Gasteiger partial charge in [0.15, 0.2) is 0 Å². The fraction of sp³-hybridized carbons (Fsp3) is 0.545. The van der Waals surface area contributed by atoms with E-state index in [9.17, 15) is 0 Å². The van der Waals surface area contributed by atoms with E-state index in [1.165, 1.54) is 4.88 Å². The lowest BCUT2D eigenvalue weighted by atomic mass is 10.3. The van der Waals surface area contributed by atoms with Crippen molar-refractivity contribution in [2.45, 2.75) is 26.4 Å². The van der Waals surface area contributed by atoms with Crippen LogP contribution in [0.1, 0.15) is 24.3 Å². The largest absolute Gasteiger partial charge is 0.395 e. The van der Waals surface area contributed by atoms with E-state index in [0.717, 1.165) is 12.1 Å². The van der Waals surface area contributed by atoms with Crippen LogP contribution in [0.4, 0.5) is 0 Å². The normalized spacial score (nSPS) is 10.9. The molecular formula is C11H16N2OS. The van der Waals surface area contributed by atoms with Crippen molar-refractivity contribution < 1.29 is 5.11 Å². The minimum Gasteiger partial charge on any atom is -0.395 e. The fourth-order valence-corrected chi connectivity index (χ4v) is 2.21. The molecule has 1 aromatic heterocycles. The molecule has 1 aromatic rings. The number of aliphatic hydroxyl groups is 1. The van der Waals surface area contributed by atoms with Gasteiger partial charge in [-0.2, -0.15) is 5.26 Å². The van der Waals surface area contributed by atoms with Crippen LogP contribution in [0, 0.1) is 11.3 Å². The first-order chi connectivity index (χ1) is 7.17. The van der Waals surface area contributed by atoms with E-state index >= 15 is 0 Å². The standard InChI is InChI=1S/C11H16N2OS/c1-9(2)13(3-4-14)7-11-5-10(6-12)8-15-11/h5,8-9,14H,3-4,7H2,1-2H3. The molecule has 15 heavy (non-hydrogen) atoms. The smallest absolute Gasteiger partial charge is 0.100 e. The second-order valence-corrected chi connectivity index (χ2v) is 4.70. The van der Waals surface area contributed by atoms with E-state index in [2.05, 4.69) is 24.8 Å². The molecule has 0 saturated carbocycles. The molecule has 4 heteroatoms. The van der Waals surface area contributed by atoms with Crippen LogP contribution in [0.15, 0.2) is 11.4 Å². The molecule has 0 saturated heterocycles. The molecule has 1 rings (SSSR count). The Hall–Kier alpha value is -0.890. The lowest BCUT2D eigenvalue weighted by Crippen LogP contribution is -2.32. The van der Waals surface area contributed by atoms with Crippen molar-refractivity contribution in [3.8, 4) is 6.07 Å². The Balaban J connectivity index is 2.62. The van der Waals surface area contributed by atoms with Gasteiger partial charge in [0.2, 0.25) is 0 Å². The summed E-state index contributed by atoms with van der Waals surface area (Å²) in [6.45, 7) is 5.87. The molecular weight excluding hydrogens is 208 g/mol. The van der Waals surface area contributed by atoms with E-state index in [1.807, 2.05) is 11.4 Å². The summed E-state index contributed by atoms with van der Waals surface area (Å²) < 4.78 is 0. The lowest BCUT2D eigenvalue weighted by molar-refractivity contribution is 0.160. The van der Waals surface area contributed by atoms with Gasteiger partial charge in [-0.3, -0.25) is 4.90 Å². The maximum absolute atomic E-state index is 8.92. The summed E-state index contributed by atoms with van der Waals surface area (Å²) in [5, 5.41) is 19.5. The van der Waals surface area contributed by atoms with Gasteiger partial charge in [-0.1, -0.05) is 0 Å². The topological polar surface area (TPSA) is 47.3 Å². The van der Waals surface area contributed by atoms with E-state index in [4.69, 9.17) is 10.4 Å². The Labute approximate surface area is 94.6 Å². The van der Waals surface area contributed by atoms with E-state index in [1.54, 1.807) is 11.3 Å². The summed E-state index contributed by atoms with van der Waals surface area (Å²) in [6, 6.07) is 4.45. The van der Waals surface area contributed by atoms with Crippen molar-refractivity contribution in [2.75, 3.05) is 13.2 Å². The van der Waals surface area contributed by atoms with Gasteiger partial charge < -0.3 is 5.11 Å². The molecule has 0 atom stereocenters. The number of hydrogen-bond donors (Lipinski definition) is 1. The maximum Gasteiger partial charge on any atom is 0.100 e. The second kappa shape index (κ2) is 5.86. The minimum atomic E-state index is 0.175. The van der Waals surface area contributed by atoms with Crippen LogP contribution in [0.2, 0.25) is 0 Å². The number of nitrogens with zero attached hydrogens (tertiary/aromatic N) is 2. The molecule has 82 valence electrons. The van der Waals surface area contributed by atoms with Crippen LogP contribution >= 0.6 is 11.3 Å². The third-order valence-corrected chi connectivity index (χ3v) is 3.18. The molecule has 3 nitrogen and oxygen atoms in total. The van der Waals surface area contributed by atoms with Crippen LogP contribution in [0.5, 0.6) is 0 Å². The van der Waals surface area contributed by atoms with Gasteiger partial charge in [-0.25, -0.2) is 0 Å². The van der Waals surface area contributed by atoms with Gasteiger partial charge in [0.25, 0.3) is 0 Å². The van der Waals surface area contributed by atoms with Crippen molar-refractivity contribution in [1.29, 1.82) is 5.26 Å². The first kappa shape index (κ1) is 12.2. The van der Waals surface area contributed by atoms with Crippen molar-refractivity contribution in [3.05, 3.63) is 21.9 Å². The van der Waals surface area contributed by atoms with Crippen molar-refractivity contribution >= 4 is 11.3 Å². The van der Waals surface area contributed by atoms with E-state index < -0.39 is 0 Å². The molecule has 0 aliphatic rings. The molecule has 0 unspecified atom stereocenters. The Morgan fingerprint density at radius 1 is 1.60 bits per heavy atom. The monoisotopic (exact) mass is 224 g/mol. The highest BCUT2D eigenvalue weighted by atomic mass is 32.1. The third-order valence-electron chi connectivity index (χ3n) is 2.26. The number of aliphatic hydroxyl groups excluding tert-OH is 1. The summed E-state index contributed by atoms with van der Waals surface area (Å²) in [4.78, 5) is 3.36. The Morgan fingerprint density at radius 3 is 2.80 bits per heavy atom. The predicted octanol–water partition coefficient (Wildman–Crippen LogP) is 1.82. The zero-order valence-corrected chi connectivity index (χ0v) is 9.92. The van der Waals surface area contributed by atoms with Crippen molar-refractivity contribution in [3.63, 3.8) is 0 Å². The van der Waals surface area contributed by atoms with Crippen LogP contribution in [0.25, 0.3) is 0 Å². The summed E-state index contributed by atoms with van der Waals surface area (Å²) in [5.74, 6) is 0. The Bertz CT molecular complexity index is 341. The van der Waals surface area contributed by atoms with Crippen molar-refractivity contribution in [2.24, 2.45) is 0 Å². The highest BCUT2D eigenvalue weighted by Gasteiger charge is 2.10. The molecule has 0 aromatic carbocycles. The van der Waals surface area contributed by atoms with Crippen molar-refractivity contribution in [1.82, 2.24) is 4.90 Å². The molecule has 0 aliphatic heterocycles. The van der Waals surface area contributed by atoms with Gasteiger partial charge >= 0.3 is 0 Å². The zero-order valence-electron chi connectivity index (χ0n) is 9.10. The van der Waals surface area contributed by atoms with Gasteiger partial charge in [-0.15, -0.1) is 11.3 Å². The summed E-state index contributed by atoms with van der Waals surface area (Å²) in [6.07, 6.45) is 0. The Morgan fingerprint density at radius 2 is 2.33 bits per heavy atom.